The van der Waals surface area contributed by atoms with Gasteiger partial charge in [-0.25, -0.2) is 0 Å². The van der Waals surface area contributed by atoms with Gasteiger partial charge < -0.3 is 10.1 Å². The average Bonchev–Trinajstić information content (AvgIpc) is 2.35. The molecule has 0 radical (unpaired) electrons. The van der Waals surface area contributed by atoms with Crippen LogP contribution in [0.3, 0.4) is 0 Å². The highest BCUT2D eigenvalue weighted by atomic mass is 35.5. The number of benzene rings is 1. The minimum atomic E-state index is 0.148. The summed E-state index contributed by atoms with van der Waals surface area (Å²) in [6.07, 6.45) is 5.41. The van der Waals surface area contributed by atoms with Crippen molar-refractivity contribution in [3.8, 4) is 5.75 Å². The van der Waals surface area contributed by atoms with Gasteiger partial charge in [-0.2, -0.15) is 0 Å². The Kier molecular flexibility index (Phi) is 4.98. The van der Waals surface area contributed by atoms with Crippen molar-refractivity contribution in [2.24, 2.45) is 5.92 Å². The molecule has 0 spiro atoms. The summed E-state index contributed by atoms with van der Waals surface area (Å²) in [5.74, 6) is 1.50. The monoisotopic (exact) mass is 281 g/mol. The molecule has 1 aromatic rings. The zero-order chi connectivity index (χ0) is 13.8. The van der Waals surface area contributed by atoms with Crippen LogP contribution in [0.15, 0.2) is 18.2 Å². The highest BCUT2D eigenvalue weighted by Gasteiger charge is 2.21. The summed E-state index contributed by atoms with van der Waals surface area (Å²) in [5, 5.41) is 4.29. The molecule has 2 rings (SSSR count). The first-order valence-electron chi connectivity index (χ1n) is 7.29. The standard InChI is InChI=1S/C16H24ClNO/c1-11(2)19-16-9-8-13(10-14(16)17)18-15-7-5-4-6-12(15)3/h8-12,15,18H,4-7H2,1-3H3. The molecule has 1 aliphatic carbocycles. The van der Waals surface area contributed by atoms with E-state index in [-0.39, 0.29) is 6.10 Å². The molecular weight excluding hydrogens is 258 g/mol. The molecule has 2 atom stereocenters. The van der Waals surface area contributed by atoms with E-state index in [4.69, 9.17) is 16.3 Å². The Bertz CT molecular complexity index is 419. The van der Waals surface area contributed by atoms with Crippen LogP contribution in [0.25, 0.3) is 0 Å². The van der Waals surface area contributed by atoms with Gasteiger partial charge in [-0.3, -0.25) is 0 Å². The summed E-state index contributed by atoms with van der Waals surface area (Å²) in [6.45, 7) is 6.34. The van der Waals surface area contributed by atoms with E-state index in [2.05, 4.69) is 18.3 Å². The quantitative estimate of drug-likeness (QED) is 0.827. The minimum absolute atomic E-state index is 0.148. The maximum absolute atomic E-state index is 6.26. The lowest BCUT2D eigenvalue weighted by atomic mass is 9.86. The Morgan fingerprint density at radius 2 is 2.00 bits per heavy atom. The molecule has 0 aliphatic heterocycles. The number of rotatable bonds is 4. The zero-order valence-corrected chi connectivity index (χ0v) is 12.8. The molecule has 0 aromatic heterocycles. The Morgan fingerprint density at radius 3 is 2.63 bits per heavy atom. The summed E-state index contributed by atoms with van der Waals surface area (Å²) < 4.78 is 5.65. The van der Waals surface area contributed by atoms with Crippen molar-refractivity contribution in [2.45, 2.75) is 58.6 Å². The fourth-order valence-electron chi connectivity index (χ4n) is 2.68. The summed E-state index contributed by atoms with van der Waals surface area (Å²) in [7, 11) is 0. The second-order valence-electron chi connectivity index (χ2n) is 5.82. The topological polar surface area (TPSA) is 21.3 Å². The molecule has 0 saturated heterocycles. The predicted octanol–water partition coefficient (Wildman–Crippen LogP) is 5.12. The first-order chi connectivity index (χ1) is 9.06. The van der Waals surface area contributed by atoms with Gasteiger partial charge in [0.1, 0.15) is 5.75 Å². The Labute approximate surface area is 121 Å². The summed E-state index contributed by atoms with van der Waals surface area (Å²) in [6, 6.07) is 6.56. The van der Waals surface area contributed by atoms with E-state index in [0.717, 1.165) is 17.4 Å². The van der Waals surface area contributed by atoms with E-state index in [0.29, 0.717) is 11.1 Å². The highest BCUT2D eigenvalue weighted by Crippen LogP contribution is 2.31. The van der Waals surface area contributed by atoms with Gasteiger partial charge in [0.25, 0.3) is 0 Å². The second kappa shape index (κ2) is 6.51. The number of halogens is 1. The molecular formula is C16H24ClNO. The molecule has 0 bridgehead atoms. The Hall–Kier alpha value is -0.890. The Morgan fingerprint density at radius 1 is 1.26 bits per heavy atom. The number of hydrogen-bond donors (Lipinski definition) is 1. The SMILES string of the molecule is CC(C)Oc1ccc(NC2CCCCC2C)cc1Cl. The first kappa shape index (κ1) is 14.5. The largest absolute Gasteiger partial charge is 0.489 e. The highest BCUT2D eigenvalue weighted by molar-refractivity contribution is 6.32. The van der Waals surface area contributed by atoms with Crippen molar-refractivity contribution in [3.63, 3.8) is 0 Å². The van der Waals surface area contributed by atoms with Crippen LogP contribution in [0.4, 0.5) is 5.69 Å². The lowest BCUT2D eigenvalue weighted by molar-refractivity contribution is 0.242. The molecule has 3 heteroatoms. The van der Waals surface area contributed by atoms with Crippen LogP contribution < -0.4 is 10.1 Å². The van der Waals surface area contributed by atoms with E-state index >= 15 is 0 Å². The van der Waals surface area contributed by atoms with Crippen LogP contribution in [0.5, 0.6) is 5.75 Å². The molecule has 1 aliphatic rings. The molecule has 0 amide bonds. The van der Waals surface area contributed by atoms with E-state index in [1.165, 1.54) is 25.7 Å². The van der Waals surface area contributed by atoms with Crippen molar-refractivity contribution in [2.75, 3.05) is 5.32 Å². The predicted molar refractivity (Wildman–Crippen MR) is 82.3 cm³/mol. The molecule has 106 valence electrons. The number of nitrogens with one attached hydrogen (secondary N) is 1. The van der Waals surface area contributed by atoms with Crippen LogP contribution in [-0.2, 0) is 0 Å². The van der Waals surface area contributed by atoms with Crippen LogP contribution in [-0.4, -0.2) is 12.1 Å². The zero-order valence-electron chi connectivity index (χ0n) is 12.1. The van der Waals surface area contributed by atoms with Crippen LogP contribution >= 0.6 is 11.6 Å². The van der Waals surface area contributed by atoms with Gasteiger partial charge in [-0.15, -0.1) is 0 Å². The number of ether oxygens (including phenoxy) is 1. The molecule has 1 N–H and O–H groups in total. The molecule has 19 heavy (non-hydrogen) atoms. The minimum Gasteiger partial charge on any atom is -0.489 e. The van der Waals surface area contributed by atoms with Gasteiger partial charge >= 0.3 is 0 Å². The molecule has 2 unspecified atom stereocenters. The van der Waals surface area contributed by atoms with Crippen LogP contribution in [0.2, 0.25) is 5.02 Å². The third-order valence-corrected chi connectivity index (χ3v) is 4.05. The molecule has 2 nitrogen and oxygen atoms in total. The normalized spacial score (nSPS) is 23.4. The van der Waals surface area contributed by atoms with E-state index in [1.54, 1.807) is 0 Å². The lowest BCUT2D eigenvalue weighted by Crippen LogP contribution is -2.30. The van der Waals surface area contributed by atoms with Gasteiger partial charge in [-0.05, 0) is 50.8 Å². The van der Waals surface area contributed by atoms with Crippen LogP contribution in [0, 0.1) is 5.92 Å². The van der Waals surface area contributed by atoms with E-state index in [9.17, 15) is 0 Å². The van der Waals surface area contributed by atoms with Crippen molar-refractivity contribution in [1.29, 1.82) is 0 Å². The van der Waals surface area contributed by atoms with Gasteiger partial charge in [0.15, 0.2) is 0 Å². The number of anilines is 1. The fourth-order valence-corrected chi connectivity index (χ4v) is 2.91. The summed E-state index contributed by atoms with van der Waals surface area (Å²) in [4.78, 5) is 0. The molecule has 0 heterocycles. The Balaban J connectivity index is 2.03. The molecule has 1 fully saturated rings. The first-order valence-corrected chi connectivity index (χ1v) is 7.67. The fraction of sp³-hybridized carbons (Fsp3) is 0.625. The van der Waals surface area contributed by atoms with E-state index in [1.807, 2.05) is 26.0 Å². The van der Waals surface area contributed by atoms with E-state index < -0.39 is 0 Å². The summed E-state index contributed by atoms with van der Waals surface area (Å²) in [5.41, 5.74) is 1.10. The van der Waals surface area contributed by atoms with Gasteiger partial charge in [-0.1, -0.05) is 31.4 Å². The molecule has 1 saturated carbocycles. The van der Waals surface area contributed by atoms with Gasteiger partial charge in [0.2, 0.25) is 0 Å². The third-order valence-electron chi connectivity index (χ3n) is 3.76. The van der Waals surface area contributed by atoms with Crippen molar-refractivity contribution in [1.82, 2.24) is 0 Å². The smallest absolute Gasteiger partial charge is 0.138 e. The average molecular weight is 282 g/mol. The third kappa shape index (κ3) is 4.04. The van der Waals surface area contributed by atoms with Gasteiger partial charge in [0, 0.05) is 11.7 Å². The van der Waals surface area contributed by atoms with Crippen molar-refractivity contribution < 1.29 is 4.74 Å². The maximum atomic E-state index is 6.26. The van der Waals surface area contributed by atoms with Crippen molar-refractivity contribution in [3.05, 3.63) is 23.2 Å². The maximum Gasteiger partial charge on any atom is 0.138 e. The summed E-state index contributed by atoms with van der Waals surface area (Å²) >= 11 is 6.26. The van der Waals surface area contributed by atoms with Crippen LogP contribution in [0.1, 0.15) is 46.5 Å². The lowest BCUT2D eigenvalue weighted by Gasteiger charge is -2.30. The molecule has 1 aromatic carbocycles. The second-order valence-corrected chi connectivity index (χ2v) is 6.23. The van der Waals surface area contributed by atoms with Gasteiger partial charge in [0.05, 0.1) is 11.1 Å². The number of hydrogen-bond acceptors (Lipinski definition) is 2. The van der Waals surface area contributed by atoms with Crippen molar-refractivity contribution >= 4 is 17.3 Å².